The zero-order chi connectivity index (χ0) is 27.0. The van der Waals surface area contributed by atoms with Crippen LogP contribution in [0.2, 0.25) is 0 Å². The molecule has 0 spiro atoms. The van der Waals surface area contributed by atoms with E-state index in [1.165, 1.54) is 17.3 Å². The number of hydrogen-bond donors (Lipinski definition) is 1. The van der Waals surface area contributed by atoms with Crippen LogP contribution >= 0.6 is 39.9 Å². The predicted octanol–water partition coefficient (Wildman–Crippen LogP) is 5.71. The van der Waals surface area contributed by atoms with E-state index in [2.05, 4.69) is 61.4 Å². The summed E-state index contributed by atoms with van der Waals surface area (Å²) in [6.45, 7) is 7.02. The van der Waals surface area contributed by atoms with Crippen molar-refractivity contribution in [2.45, 2.75) is 13.2 Å². The molecule has 0 bridgehead atoms. The number of amides is 1. The number of thiocarbonyl (C=S) groups is 1. The summed E-state index contributed by atoms with van der Waals surface area (Å²) < 4.78 is 13.8. The smallest absolute Gasteiger partial charge is 0.263 e. The van der Waals surface area contributed by atoms with Gasteiger partial charge in [0.25, 0.3) is 5.91 Å². The lowest BCUT2D eigenvalue weighted by Crippen LogP contribution is -2.47. The van der Waals surface area contributed by atoms with E-state index in [0.29, 0.717) is 28.2 Å². The maximum atomic E-state index is 12.2. The van der Waals surface area contributed by atoms with Crippen LogP contribution in [0.5, 0.6) is 11.5 Å². The molecule has 0 radical (unpaired) electrons. The Labute approximate surface area is 247 Å². The maximum absolute atomic E-state index is 12.2. The Hall–Kier alpha value is -2.69. The number of carbonyl (C=O) groups excluding carboxylic acids is 1. The summed E-state index contributed by atoms with van der Waals surface area (Å²) in [5.41, 5.74) is 3.19. The van der Waals surface area contributed by atoms with Crippen molar-refractivity contribution in [2.24, 2.45) is 0 Å². The lowest BCUT2D eigenvalue weighted by Gasteiger charge is -2.34. The largest absolute Gasteiger partial charge is 0.492 e. The van der Waals surface area contributed by atoms with Crippen LogP contribution in [0.1, 0.15) is 16.7 Å². The molecule has 0 saturated carbocycles. The summed E-state index contributed by atoms with van der Waals surface area (Å²) in [6.07, 6.45) is 1.81. The number of carbonyl (C=O) groups is 1. The third-order valence-electron chi connectivity index (χ3n) is 6.64. The monoisotopic (exact) mass is 623 g/mol. The van der Waals surface area contributed by atoms with Crippen LogP contribution in [-0.4, -0.2) is 59.4 Å². The van der Waals surface area contributed by atoms with E-state index in [1.807, 2.05) is 48.5 Å². The van der Waals surface area contributed by atoms with Gasteiger partial charge in [-0.15, -0.1) is 0 Å². The SMILES string of the molecule is O=C1NC(=S)SC1=Cc1ccc(OCCN2CCN(Cc3ccccc3)CC2)cc1OCc1ccccc1Br. The third-order valence-corrected chi connectivity index (χ3v) is 8.58. The fraction of sp³-hybridized carbons (Fsp3) is 0.267. The highest BCUT2D eigenvalue weighted by Crippen LogP contribution is 2.32. The van der Waals surface area contributed by atoms with E-state index < -0.39 is 0 Å². The number of rotatable bonds is 10. The molecule has 6 nitrogen and oxygen atoms in total. The molecule has 0 aromatic heterocycles. The minimum atomic E-state index is -0.189. The molecule has 2 fully saturated rings. The Balaban J connectivity index is 1.19. The number of hydrogen-bond acceptors (Lipinski definition) is 7. The maximum Gasteiger partial charge on any atom is 0.263 e. The first kappa shape index (κ1) is 27.9. The molecule has 9 heteroatoms. The molecule has 5 rings (SSSR count). The van der Waals surface area contributed by atoms with E-state index >= 15 is 0 Å². The van der Waals surface area contributed by atoms with Gasteiger partial charge in [-0.25, -0.2) is 0 Å². The zero-order valence-electron chi connectivity index (χ0n) is 21.5. The van der Waals surface area contributed by atoms with Crippen molar-refractivity contribution in [2.75, 3.05) is 39.3 Å². The lowest BCUT2D eigenvalue weighted by molar-refractivity contribution is -0.115. The van der Waals surface area contributed by atoms with Gasteiger partial charge in [0.05, 0.1) is 4.91 Å². The predicted molar refractivity (Wildman–Crippen MR) is 165 cm³/mol. The Morgan fingerprint density at radius 3 is 2.44 bits per heavy atom. The molecule has 2 aliphatic rings. The van der Waals surface area contributed by atoms with Gasteiger partial charge in [0, 0.05) is 60.9 Å². The molecule has 202 valence electrons. The molecule has 1 N–H and O–H groups in total. The molecular weight excluding hydrogens is 594 g/mol. The average molecular weight is 625 g/mol. The van der Waals surface area contributed by atoms with Crippen LogP contribution < -0.4 is 14.8 Å². The molecular formula is C30H30BrN3O3S2. The molecule has 1 amide bonds. The number of ether oxygens (including phenoxy) is 2. The van der Waals surface area contributed by atoms with Crippen LogP contribution in [-0.2, 0) is 17.9 Å². The summed E-state index contributed by atoms with van der Waals surface area (Å²) in [5, 5.41) is 2.66. The molecule has 0 unspecified atom stereocenters. The van der Waals surface area contributed by atoms with E-state index in [-0.39, 0.29) is 5.91 Å². The van der Waals surface area contributed by atoms with Crippen molar-refractivity contribution in [1.82, 2.24) is 15.1 Å². The van der Waals surface area contributed by atoms with Crippen LogP contribution in [0.3, 0.4) is 0 Å². The van der Waals surface area contributed by atoms with Crippen LogP contribution in [0.15, 0.2) is 82.2 Å². The number of nitrogens with one attached hydrogen (secondary N) is 1. The van der Waals surface area contributed by atoms with Gasteiger partial charge in [0.1, 0.15) is 29.0 Å². The first-order chi connectivity index (χ1) is 19.0. The average Bonchev–Trinajstić information content (AvgIpc) is 3.27. The van der Waals surface area contributed by atoms with Crippen molar-refractivity contribution in [3.8, 4) is 11.5 Å². The van der Waals surface area contributed by atoms with E-state index in [0.717, 1.165) is 60.6 Å². The van der Waals surface area contributed by atoms with Crippen molar-refractivity contribution in [3.63, 3.8) is 0 Å². The second-order valence-electron chi connectivity index (χ2n) is 9.38. The fourth-order valence-corrected chi connectivity index (χ4v) is 5.92. The van der Waals surface area contributed by atoms with Crippen LogP contribution in [0, 0.1) is 0 Å². The number of nitrogens with zero attached hydrogens (tertiary/aromatic N) is 2. The molecule has 3 aromatic carbocycles. The van der Waals surface area contributed by atoms with Gasteiger partial charge in [0.2, 0.25) is 0 Å². The van der Waals surface area contributed by atoms with E-state index in [1.54, 1.807) is 0 Å². The minimum Gasteiger partial charge on any atom is -0.492 e. The number of piperazine rings is 1. The first-order valence-corrected chi connectivity index (χ1v) is 14.9. The quantitative estimate of drug-likeness (QED) is 0.229. The standard InChI is InChI=1S/C30H30BrN3O3S2/c31-26-9-5-4-8-24(26)21-37-27-19-25(11-10-23(27)18-28-29(35)32-30(38)39-28)36-17-16-33-12-14-34(15-13-33)20-22-6-2-1-3-7-22/h1-11,18-19H,12-17,20-21H2,(H,32,35,38). The van der Waals surface area contributed by atoms with Gasteiger partial charge in [-0.1, -0.05) is 88.4 Å². The van der Waals surface area contributed by atoms with E-state index in [4.69, 9.17) is 21.7 Å². The molecule has 3 aromatic rings. The molecule has 2 heterocycles. The Morgan fingerprint density at radius 1 is 0.949 bits per heavy atom. The highest BCUT2D eigenvalue weighted by Gasteiger charge is 2.23. The molecule has 2 aliphatic heterocycles. The summed E-state index contributed by atoms with van der Waals surface area (Å²) in [6, 6.07) is 24.3. The molecule has 39 heavy (non-hydrogen) atoms. The van der Waals surface area contributed by atoms with Gasteiger partial charge in [-0.2, -0.15) is 0 Å². The minimum absolute atomic E-state index is 0.189. The van der Waals surface area contributed by atoms with Crippen molar-refractivity contribution in [3.05, 3.63) is 98.9 Å². The second-order valence-corrected chi connectivity index (χ2v) is 12.0. The van der Waals surface area contributed by atoms with Gasteiger partial charge in [-0.3, -0.25) is 14.6 Å². The van der Waals surface area contributed by atoms with Crippen LogP contribution in [0.25, 0.3) is 6.08 Å². The van der Waals surface area contributed by atoms with E-state index in [9.17, 15) is 4.79 Å². The normalized spacial score (nSPS) is 17.4. The number of halogens is 1. The summed E-state index contributed by atoms with van der Waals surface area (Å²) in [5.74, 6) is 1.20. The fourth-order valence-electron chi connectivity index (χ4n) is 4.49. The molecule has 2 saturated heterocycles. The van der Waals surface area contributed by atoms with Gasteiger partial charge < -0.3 is 14.8 Å². The molecule has 0 aliphatic carbocycles. The van der Waals surface area contributed by atoms with Crippen molar-refractivity contribution in [1.29, 1.82) is 0 Å². The van der Waals surface area contributed by atoms with Crippen molar-refractivity contribution >= 4 is 56.2 Å². The first-order valence-electron chi connectivity index (χ1n) is 12.9. The Bertz CT molecular complexity index is 1340. The van der Waals surface area contributed by atoms with Crippen molar-refractivity contribution < 1.29 is 14.3 Å². The highest BCUT2D eigenvalue weighted by molar-refractivity contribution is 9.10. The number of benzene rings is 3. The highest BCUT2D eigenvalue weighted by atomic mass is 79.9. The van der Waals surface area contributed by atoms with Crippen LogP contribution in [0.4, 0.5) is 0 Å². The summed E-state index contributed by atoms with van der Waals surface area (Å²) in [7, 11) is 0. The van der Waals surface area contributed by atoms with Gasteiger partial charge in [-0.05, 0) is 29.8 Å². The zero-order valence-corrected chi connectivity index (χ0v) is 24.7. The lowest BCUT2D eigenvalue weighted by atomic mass is 10.1. The van der Waals surface area contributed by atoms with Gasteiger partial charge in [0.15, 0.2) is 0 Å². The Morgan fingerprint density at radius 2 is 1.69 bits per heavy atom. The number of thioether (sulfide) groups is 1. The summed E-state index contributed by atoms with van der Waals surface area (Å²) in [4.78, 5) is 17.7. The summed E-state index contributed by atoms with van der Waals surface area (Å²) >= 11 is 9.98. The Kier molecular flexibility index (Phi) is 9.71. The molecule has 0 atom stereocenters. The third kappa shape index (κ3) is 7.93. The second kappa shape index (κ2) is 13.6. The topological polar surface area (TPSA) is 54.0 Å². The van der Waals surface area contributed by atoms with Gasteiger partial charge >= 0.3 is 0 Å².